The van der Waals surface area contributed by atoms with Crippen molar-refractivity contribution in [3.05, 3.63) is 65.6 Å². The molecule has 0 bridgehead atoms. The van der Waals surface area contributed by atoms with Crippen LogP contribution in [0.15, 0.2) is 48.8 Å². The highest BCUT2D eigenvalue weighted by molar-refractivity contribution is 6.32. The second-order valence-corrected chi connectivity index (χ2v) is 5.84. The minimum atomic E-state index is 0.141. The zero-order valence-corrected chi connectivity index (χ0v) is 12.5. The number of imidazole rings is 1. The van der Waals surface area contributed by atoms with Gasteiger partial charge in [-0.15, -0.1) is 0 Å². The van der Waals surface area contributed by atoms with Crippen LogP contribution in [0.4, 0.5) is 0 Å². The van der Waals surface area contributed by atoms with Crippen LogP contribution in [0.1, 0.15) is 21.6 Å². The fourth-order valence-electron chi connectivity index (χ4n) is 3.01. The van der Waals surface area contributed by atoms with E-state index in [0.717, 1.165) is 34.4 Å². The van der Waals surface area contributed by atoms with Crippen molar-refractivity contribution < 1.29 is 4.79 Å². The lowest BCUT2D eigenvalue weighted by Gasteiger charge is -2.14. The van der Waals surface area contributed by atoms with Gasteiger partial charge < -0.3 is 9.30 Å². The number of carbonyl (C=O) groups excluding carboxylic acids is 1. The van der Waals surface area contributed by atoms with Gasteiger partial charge in [0.2, 0.25) is 0 Å². The minimum absolute atomic E-state index is 0.141. The van der Waals surface area contributed by atoms with Crippen LogP contribution in [0.5, 0.6) is 0 Å². The molecule has 0 spiro atoms. The molecule has 1 aromatic carbocycles. The van der Waals surface area contributed by atoms with Crippen LogP contribution in [0.3, 0.4) is 0 Å². The number of rotatable bonds is 3. The zero-order chi connectivity index (χ0) is 15.1. The first-order chi connectivity index (χ1) is 10.7. The lowest BCUT2D eigenvalue weighted by atomic mass is 9.93. The predicted molar refractivity (Wildman–Crippen MR) is 88.3 cm³/mol. The number of hydrogen-bond donors (Lipinski definition) is 0. The van der Waals surface area contributed by atoms with Gasteiger partial charge >= 0.3 is 0 Å². The molecular weight excluding hydrogens is 273 g/mol. The number of aromatic nitrogens is 2. The SMILES string of the molecule is Bc1ccc2c(c1)C(=O)N(CCc1cn3ccccc3n1)C2. The van der Waals surface area contributed by atoms with Crippen LogP contribution >= 0.6 is 0 Å². The molecule has 4 nitrogen and oxygen atoms in total. The normalized spacial score (nSPS) is 13.8. The van der Waals surface area contributed by atoms with Gasteiger partial charge in [-0.05, 0) is 17.7 Å². The number of fused-ring (bicyclic) bond motifs is 2. The van der Waals surface area contributed by atoms with E-state index in [4.69, 9.17) is 0 Å². The van der Waals surface area contributed by atoms with E-state index in [2.05, 4.69) is 17.1 Å². The topological polar surface area (TPSA) is 37.6 Å². The van der Waals surface area contributed by atoms with E-state index >= 15 is 0 Å². The smallest absolute Gasteiger partial charge is 0.254 e. The third-order valence-corrected chi connectivity index (χ3v) is 4.20. The number of nitrogens with zero attached hydrogens (tertiary/aromatic N) is 3. The summed E-state index contributed by atoms with van der Waals surface area (Å²) in [6, 6.07) is 12.1. The Morgan fingerprint density at radius 2 is 2.14 bits per heavy atom. The maximum Gasteiger partial charge on any atom is 0.254 e. The molecule has 0 unspecified atom stereocenters. The summed E-state index contributed by atoms with van der Waals surface area (Å²) in [5, 5.41) is 0. The monoisotopic (exact) mass is 289 g/mol. The van der Waals surface area contributed by atoms with Gasteiger partial charge in [-0.25, -0.2) is 4.98 Å². The Hall–Kier alpha value is -2.56. The van der Waals surface area contributed by atoms with Crippen LogP contribution in [0.2, 0.25) is 0 Å². The zero-order valence-electron chi connectivity index (χ0n) is 12.5. The van der Waals surface area contributed by atoms with Crippen LogP contribution in [0.25, 0.3) is 5.65 Å². The Morgan fingerprint density at radius 1 is 1.23 bits per heavy atom. The molecule has 0 radical (unpaired) electrons. The van der Waals surface area contributed by atoms with Gasteiger partial charge in [0, 0.05) is 37.5 Å². The molecule has 0 saturated heterocycles. The molecule has 0 atom stereocenters. The summed E-state index contributed by atoms with van der Waals surface area (Å²) >= 11 is 0. The van der Waals surface area contributed by atoms with Crippen molar-refractivity contribution in [1.29, 1.82) is 0 Å². The Labute approximate surface area is 129 Å². The second kappa shape index (κ2) is 5.02. The molecule has 108 valence electrons. The van der Waals surface area contributed by atoms with Crippen LogP contribution in [-0.2, 0) is 13.0 Å². The Bertz CT molecular complexity index is 838. The third-order valence-electron chi connectivity index (χ3n) is 4.20. The molecule has 1 aliphatic rings. The Morgan fingerprint density at radius 3 is 3.00 bits per heavy atom. The van der Waals surface area contributed by atoms with E-state index in [0.29, 0.717) is 13.1 Å². The van der Waals surface area contributed by atoms with Gasteiger partial charge in [0.05, 0.1) is 5.69 Å². The number of carbonyl (C=O) groups is 1. The largest absolute Gasteiger partial charge is 0.334 e. The predicted octanol–water partition coefficient (Wildman–Crippen LogP) is 0.791. The number of benzene rings is 1. The highest BCUT2D eigenvalue weighted by atomic mass is 16.2. The summed E-state index contributed by atoms with van der Waals surface area (Å²) in [7, 11) is 2.02. The lowest BCUT2D eigenvalue weighted by Crippen LogP contribution is -2.26. The molecule has 1 amide bonds. The highest BCUT2D eigenvalue weighted by Crippen LogP contribution is 2.21. The Balaban J connectivity index is 1.50. The third kappa shape index (κ3) is 2.19. The van der Waals surface area contributed by atoms with Crippen molar-refractivity contribution in [2.24, 2.45) is 0 Å². The van der Waals surface area contributed by atoms with Gasteiger partial charge in [0.25, 0.3) is 5.91 Å². The molecular formula is C17H16BN3O. The van der Waals surface area contributed by atoms with Gasteiger partial charge in [-0.1, -0.05) is 29.7 Å². The average molecular weight is 289 g/mol. The molecule has 0 saturated carbocycles. The summed E-state index contributed by atoms with van der Waals surface area (Å²) in [6.07, 6.45) is 4.80. The highest BCUT2D eigenvalue weighted by Gasteiger charge is 2.26. The van der Waals surface area contributed by atoms with Gasteiger partial charge in [0.1, 0.15) is 13.5 Å². The van der Waals surface area contributed by atoms with Crippen molar-refractivity contribution >= 4 is 24.9 Å². The van der Waals surface area contributed by atoms with Crippen LogP contribution in [-0.4, -0.2) is 34.6 Å². The average Bonchev–Trinajstić information content (AvgIpc) is 3.07. The number of pyridine rings is 1. The molecule has 2 aromatic heterocycles. The molecule has 3 aromatic rings. The fraction of sp³-hybridized carbons (Fsp3) is 0.176. The van der Waals surface area contributed by atoms with Gasteiger partial charge in [-0.3, -0.25) is 4.79 Å². The molecule has 0 N–H and O–H groups in total. The fourth-order valence-corrected chi connectivity index (χ4v) is 3.01. The summed E-state index contributed by atoms with van der Waals surface area (Å²) in [5.74, 6) is 0.141. The van der Waals surface area contributed by atoms with Gasteiger partial charge in [0.15, 0.2) is 0 Å². The van der Waals surface area contributed by atoms with Crippen molar-refractivity contribution in [3.8, 4) is 0 Å². The van der Waals surface area contributed by atoms with Crippen molar-refractivity contribution in [1.82, 2.24) is 14.3 Å². The maximum absolute atomic E-state index is 12.4. The standard InChI is InChI=1S/C17H16BN3O/c18-13-5-4-12-10-21(17(22)15(12)9-13)8-6-14-11-20-7-2-1-3-16(20)19-14/h1-5,7,9,11H,6,8,10,18H2. The van der Waals surface area contributed by atoms with Crippen LogP contribution < -0.4 is 5.46 Å². The van der Waals surface area contributed by atoms with E-state index in [9.17, 15) is 4.79 Å². The number of amides is 1. The lowest BCUT2D eigenvalue weighted by molar-refractivity contribution is 0.0780. The summed E-state index contributed by atoms with van der Waals surface area (Å²) in [5.41, 5.74) is 5.09. The molecule has 1 aliphatic heterocycles. The van der Waals surface area contributed by atoms with Crippen molar-refractivity contribution in [3.63, 3.8) is 0 Å². The summed E-state index contributed by atoms with van der Waals surface area (Å²) in [4.78, 5) is 18.9. The minimum Gasteiger partial charge on any atom is -0.334 e. The molecule has 4 rings (SSSR count). The quantitative estimate of drug-likeness (QED) is 0.669. The first kappa shape index (κ1) is 13.1. The molecule has 0 fully saturated rings. The Kier molecular flexibility index (Phi) is 3.00. The number of hydrogen-bond acceptors (Lipinski definition) is 2. The molecule has 0 aliphatic carbocycles. The van der Waals surface area contributed by atoms with E-state index in [-0.39, 0.29) is 5.91 Å². The van der Waals surface area contributed by atoms with Crippen molar-refractivity contribution in [2.75, 3.05) is 6.54 Å². The maximum atomic E-state index is 12.4. The van der Waals surface area contributed by atoms with Crippen molar-refractivity contribution in [2.45, 2.75) is 13.0 Å². The van der Waals surface area contributed by atoms with E-state index < -0.39 is 0 Å². The molecule has 22 heavy (non-hydrogen) atoms. The first-order valence-corrected chi connectivity index (χ1v) is 7.52. The summed E-state index contributed by atoms with van der Waals surface area (Å²) < 4.78 is 2.01. The summed E-state index contributed by atoms with van der Waals surface area (Å²) in [6.45, 7) is 1.41. The van der Waals surface area contributed by atoms with E-state index in [1.807, 2.05) is 53.8 Å². The van der Waals surface area contributed by atoms with Crippen LogP contribution in [0, 0.1) is 0 Å². The first-order valence-electron chi connectivity index (χ1n) is 7.52. The second-order valence-electron chi connectivity index (χ2n) is 5.84. The van der Waals surface area contributed by atoms with Gasteiger partial charge in [-0.2, -0.15) is 0 Å². The van der Waals surface area contributed by atoms with E-state index in [1.165, 1.54) is 0 Å². The molecule has 3 heterocycles. The molecule has 5 heteroatoms. The van der Waals surface area contributed by atoms with E-state index in [1.54, 1.807) is 0 Å².